The highest BCUT2D eigenvalue weighted by atomic mass is 16.6. The van der Waals surface area contributed by atoms with Gasteiger partial charge in [0.1, 0.15) is 0 Å². The summed E-state index contributed by atoms with van der Waals surface area (Å²) in [4.78, 5) is 14.6. The number of rotatable bonds is 5. The van der Waals surface area contributed by atoms with E-state index in [-0.39, 0.29) is 5.69 Å². The summed E-state index contributed by atoms with van der Waals surface area (Å²) in [7, 11) is 0. The van der Waals surface area contributed by atoms with E-state index < -0.39 is 10.5 Å². The molecule has 0 amide bonds. The zero-order valence-electron chi connectivity index (χ0n) is 11.5. The average molecular weight is 275 g/mol. The van der Waals surface area contributed by atoms with Crippen LogP contribution in [0.5, 0.6) is 0 Å². The van der Waals surface area contributed by atoms with Crippen LogP contribution in [0.25, 0.3) is 10.8 Å². The van der Waals surface area contributed by atoms with Crippen LogP contribution in [0.3, 0.4) is 0 Å². The molecule has 1 aromatic carbocycles. The summed E-state index contributed by atoms with van der Waals surface area (Å²) in [5.41, 5.74) is -0.0429. The zero-order chi connectivity index (χ0) is 14.8. The van der Waals surface area contributed by atoms with Gasteiger partial charge in [0, 0.05) is 36.1 Å². The molecule has 1 heterocycles. The molecule has 106 valence electrons. The summed E-state index contributed by atoms with van der Waals surface area (Å²) in [6.45, 7) is 4.01. The standard InChI is InChI=1S/C14H17N3O3/c1-3-14(2,18)9-16-12-4-5-13(17(19)20)10-6-7-15-8-11(10)12/h4-8,16,18H,3,9H2,1-2H3. The molecule has 2 aromatic rings. The van der Waals surface area contributed by atoms with Crippen LogP contribution in [0, 0.1) is 10.1 Å². The van der Waals surface area contributed by atoms with Gasteiger partial charge in [-0.05, 0) is 25.5 Å². The Bertz CT molecular complexity index is 641. The number of nitro groups is 1. The first kappa shape index (κ1) is 14.2. The van der Waals surface area contributed by atoms with Gasteiger partial charge in [0.25, 0.3) is 5.69 Å². The van der Waals surface area contributed by atoms with Crippen molar-refractivity contribution >= 4 is 22.1 Å². The van der Waals surface area contributed by atoms with Gasteiger partial charge < -0.3 is 10.4 Å². The van der Waals surface area contributed by atoms with Crippen molar-refractivity contribution in [2.45, 2.75) is 25.9 Å². The number of hydrogen-bond acceptors (Lipinski definition) is 5. The van der Waals surface area contributed by atoms with Crippen LogP contribution in [0.2, 0.25) is 0 Å². The zero-order valence-corrected chi connectivity index (χ0v) is 11.5. The Morgan fingerprint density at radius 2 is 2.15 bits per heavy atom. The SMILES string of the molecule is CCC(C)(O)CNc1ccc([N+](=O)[O-])c2ccncc12. The number of aliphatic hydroxyl groups is 1. The fourth-order valence-corrected chi connectivity index (χ4v) is 1.90. The highest BCUT2D eigenvalue weighted by molar-refractivity contribution is 5.99. The quantitative estimate of drug-likeness (QED) is 0.647. The van der Waals surface area contributed by atoms with Crippen molar-refractivity contribution in [2.24, 2.45) is 0 Å². The molecular weight excluding hydrogens is 258 g/mol. The summed E-state index contributed by atoms with van der Waals surface area (Å²) in [6.07, 6.45) is 3.73. The van der Waals surface area contributed by atoms with Crippen LogP contribution in [-0.2, 0) is 0 Å². The van der Waals surface area contributed by atoms with Gasteiger partial charge in [-0.15, -0.1) is 0 Å². The van der Waals surface area contributed by atoms with Crippen LogP contribution >= 0.6 is 0 Å². The van der Waals surface area contributed by atoms with E-state index in [9.17, 15) is 15.2 Å². The molecule has 0 radical (unpaired) electrons. The van der Waals surface area contributed by atoms with Crippen molar-refractivity contribution in [3.8, 4) is 0 Å². The monoisotopic (exact) mass is 275 g/mol. The van der Waals surface area contributed by atoms with E-state index in [2.05, 4.69) is 10.3 Å². The minimum atomic E-state index is -0.823. The van der Waals surface area contributed by atoms with Gasteiger partial charge in [0.15, 0.2) is 0 Å². The first-order valence-corrected chi connectivity index (χ1v) is 6.42. The maximum Gasteiger partial charge on any atom is 0.277 e. The normalized spacial score (nSPS) is 13.9. The topological polar surface area (TPSA) is 88.3 Å². The second-order valence-corrected chi connectivity index (χ2v) is 5.01. The van der Waals surface area contributed by atoms with E-state index >= 15 is 0 Å². The van der Waals surface area contributed by atoms with Crippen LogP contribution < -0.4 is 5.32 Å². The molecule has 0 bridgehead atoms. The van der Waals surface area contributed by atoms with Crippen LogP contribution in [0.4, 0.5) is 11.4 Å². The van der Waals surface area contributed by atoms with E-state index in [1.54, 1.807) is 25.3 Å². The third kappa shape index (κ3) is 2.85. The fraction of sp³-hybridized carbons (Fsp3) is 0.357. The number of nitro benzene ring substituents is 1. The molecule has 0 aliphatic heterocycles. The third-order valence-electron chi connectivity index (χ3n) is 3.41. The Morgan fingerprint density at radius 1 is 1.40 bits per heavy atom. The highest BCUT2D eigenvalue weighted by Gasteiger charge is 2.19. The van der Waals surface area contributed by atoms with E-state index in [0.717, 1.165) is 5.69 Å². The number of aromatic nitrogens is 1. The van der Waals surface area contributed by atoms with Crippen molar-refractivity contribution in [1.82, 2.24) is 4.98 Å². The number of hydrogen-bond donors (Lipinski definition) is 2. The molecule has 0 fully saturated rings. The van der Waals surface area contributed by atoms with Gasteiger partial charge in [0.05, 0.1) is 15.9 Å². The fourth-order valence-electron chi connectivity index (χ4n) is 1.90. The Kier molecular flexibility index (Phi) is 3.85. The molecule has 2 rings (SSSR count). The second kappa shape index (κ2) is 5.42. The third-order valence-corrected chi connectivity index (χ3v) is 3.41. The Hall–Kier alpha value is -2.21. The summed E-state index contributed by atoms with van der Waals surface area (Å²) < 4.78 is 0. The maximum atomic E-state index is 11.0. The predicted octanol–water partition coefficient (Wildman–Crippen LogP) is 2.72. The van der Waals surface area contributed by atoms with Gasteiger partial charge in [-0.1, -0.05) is 6.92 Å². The van der Waals surface area contributed by atoms with Crippen molar-refractivity contribution in [1.29, 1.82) is 0 Å². The lowest BCUT2D eigenvalue weighted by molar-refractivity contribution is -0.383. The lowest BCUT2D eigenvalue weighted by Gasteiger charge is -2.22. The van der Waals surface area contributed by atoms with Crippen LogP contribution in [0.1, 0.15) is 20.3 Å². The van der Waals surface area contributed by atoms with Gasteiger partial charge in [-0.25, -0.2) is 0 Å². The summed E-state index contributed by atoms with van der Waals surface area (Å²) >= 11 is 0. The largest absolute Gasteiger partial charge is 0.388 e. The number of pyridine rings is 1. The second-order valence-electron chi connectivity index (χ2n) is 5.01. The molecule has 2 N–H and O–H groups in total. The molecule has 0 spiro atoms. The molecule has 1 unspecified atom stereocenters. The van der Waals surface area contributed by atoms with Gasteiger partial charge in [-0.2, -0.15) is 0 Å². The smallest absolute Gasteiger partial charge is 0.277 e. The summed E-state index contributed by atoms with van der Waals surface area (Å²) in [6, 6.07) is 4.73. The van der Waals surface area contributed by atoms with Gasteiger partial charge in [0.2, 0.25) is 0 Å². The number of non-ortho nitro benzene ring substituents is 1. The maximum absolute atomic E-state index is 11.0. The Labute approximate surface area is 116 Å². The lowest BCUT2D eigenvalue weighted by atomic mass is 10.0. The molecule has 0 saturated carbocycles. The van der Waals surface area contributed by atoms with Crippen molar-refractivity contribution in [3.05, 3.63) is 40.7 Å². The van der Waals surface area contributed by atoms with Crippen LogP contribution in [-0.4, -0.2) is 27.2 Å². The number of fused-ring (bicyclic) bond motifs is 1. The molecule has 20 heavy (non-hydrogen) atoms. The molecule has 0 saturated heterocycles. The van der Waals surface area contributed by atoms with E-state index in [1.807, 2.05) is 6.92 Å². The van der Waals surface area contributed by atoms with Crippen molar-refractivity contribution < 1.29 is 10.0 Å². The minimum Gasteiger partial charge on any atom is -0.388 e. The number of nitrogens with one attached hydrogen (secondary N) is 1. The number of benzene rings is 1. The number of anilines is 1. The molecule has 6 heteroatoms. The average Bonchev–Trinajstić information content (AvgIpc) is 2.44. The summed E-state index contributed by atoms with van der Waals surface area (Å²) in [5.74, 6) is 0. The van der Waals surface area contributed by atoms with E-state index in [4.69, 9.17) is 0 Å². The Morgan fingerprint density at radius 3 is 2.80 bits per heavy atom. The predicted molar refractivity (Wildman–Crippen MR) is 77.8 cm³/mol. The lowest BCUT2D eigenvalue weighted by Crippen LogP contribution is -2.32. The first-order chi connectivity index (χ1) is 9.44. The van der Waals surface area contributed by atoms with Crippen LogP contribution in [0.15, 0.2) is 30.6 Å². The van der Waals surface area contributed by atoms with Gasteiger partial charge in [-0.3, -0.25) is 15.1 Å². The first-order valence-electron chi connectivity index (χ1n) is 6.42. The molecule has 0 aliphatic rings. The molecule has 1 aromatic heterocycles. The number of nitrogens with zero attached hydrogens (tertiary/aromatic N) is 2. The van der Waals surface area contributed by atoms with Crippen molar-refractivity contribution in [2.75, 3.05) is 11.9 Å². The van der Waals surface area contributed by atoms with Crippen molar-refractivity contribution in [3.63, 3.8) is 0 Å². The highest BCUT2D eigenvalue weighted by Crippen LogP contribution is 2.30. The Balaban J connectivity index is 2.41. The minimum absolute atomic E-state index is 0.0511. The van der Waals surface area contributed by atoms with E-state index in [0.29, 0.717) is 23.7 Å². The van der Waals surface area contributed by atoms with Gasteiger partial charge >= 0.3 is 0 Å². The van der Waals surface area contributed by atoms with E-state index in [1.165, 1.54) is 12.3 Å². The molecule has 0 aliphatic carbocycles. The molecule has 1 atom stereocenters. The summed E-state index contributed by atoms with van der Waals surface area (Å²) in [5, 5.41) is 25.4. The molecular formula is C14H17N3O3. The molecule has 6 nitrogen and oxygen atoms in total.